The zero-order valence-electron chi connectivity index (χ0n) is 11.2. The molecule has 0 saturated heterocycles. The van der Waals surface area contributed by atoms with E-state index in [9.17, 15) is 4.79 Å². The number of hydrogen-bond acceptors (Lipinski definition) is 2. The number of nitrogens with two attached hydrogens (primary N) is 1. The summed E-state index contributed by atoms with van der Waals surface area (Å²) < 4.78 is 0. The predicted molar refractivity (Wildman–Crippen MR) is 76.3 cm³/mol. The number of benzene rings is 1. The molecule has 0 radical (unpaired) electrons. The molecule has 0 aromatic heterocycles. The Kier molecular flexibility index (Phi) is 3.06. The van der Waals surface area contributed by atoms with E-state index in [0.29, 0.717) is 0 Å². The van der Waals surface area contributed by atoms with Gasteiger partial charge in [-0.2, -0.15) is 0 Å². The average Bonchev–Trinajstić information content (AvgIpc) is 2.46. The van der Waals surface area contributed by atoms with Crippen LogP contribution in [0.5, 0.6) is 0 Å². The summed E-state index contributed by atoms with van der Waals surface area (Å²) in [5.41, 5.74) is 7.96. The van der Waals surface area contributed by atoms with Crippen LogP contribution in [0.4, 0.5) is 0 Å². The summed E-state index contributed by atoms with van der Waals surface area (Å²) in [5.74, 6) is 0.248. The molecule has 0 unspecified atom stereocenters. The van der Waals surface area contributed by atoms with Gasteiger partial charge in [0.05, 0.1) is 5.41 Å². The van der Waals surface area contributed by atoms with E-state index in [1.165, 1.54) is 5.56 Å². The molecule has 3 nitrogen and oxygen atoms in total. The molecule has 4 heteroatoms. The summed E-state index contributed by atoms with van der Waals surface area (Å²) in [6.45, 7) is 3.57. The summed E-state index contributed by atoms with van der Waals surface area (Å²) in [4.78, 5) is 14.8. The van der Waals surface area contributed by atoms with Crippen LogP contribution in [-0.4, -0.2) is 29.9 Å². The summed E-state index contributed by atoms with van der Waals surface area (Å²) >= 11 is 6.10. The first-order valence-electron chi connectivity index (χ1n) is 6.90. The molecule has 1 aromatic carbocycles. The lowest BCUT2D eigenvalue weighted by molar-refractivity contribution is -0.140. The maximum absolute atomic E-state index is 12.8. The van der Waals surface area contributed by atoms with Crippen LogP contribution in [-0.2, 0) is 16.6 Å². The Hall–Kier alpha value is -1.06. The number of rotatable bonds is 1. The molecule has 1 spiro atoms. The van der Waals surface area contributed by atoms with Crippen molar-refractivity contribution in [2.45, 2.75) is 37.6 Å². The number of nitrogens with zero attached hydrogens (tertiary/aromatic N) is 1. The minimum atomic E-state index is -0.383. The van der Waals surface area contributed by atoms with Crippen molar-refractivity contribution in [2.75, 3.05) is 13.1 Å². The van der Waals surface area contributed by atoms with E-state index in [1.807, 2.05) is 30.0 Å². The molecule has 102 valence electrons. The van der Waals surface area contributed by atoms with Crippen molar-refractivity contribution >= 4 is 17.5 Å². The van der Waals surface area contributed by atoms with Crippen molar-refractivity contribution in [1.82, 2.24) is 4.90 Å². The van der Waals surface area contributed by atoms with E-state index in [4.69, 9.17) is 17.3 Å². The van der Waals surface area contributed by atoms with Gasteiger partial charge in [-0.3, -0.25) is 4.79 Å². The fraction of sp³-hybridized carbons (Fsp3) is 0.533. The molecule has 0 bridgehead atoms. The van der Waals surface area contributed by atoms with Crippen LogP contribution >= 0.6 is 11.6 Å². The normalized spacial score (nSPS) is 29.9. The largest absolute Gasteiger partial charge is 0.342 e. The predicted octanol–water partition coefficient (Wildman–Crippen LogP) is 2.10. The van der Waals surface area contributed by atoms with Crippen LogP contribution < -0.4 is 5.73 Å². The van der Waals surface area contributed by atoms with Crippen molar-refractivity contribution in [3.8, 4) is 0 Å². The standard InChI is InChI=1S/C15H19ClN2O/c1-2-18-6-5-10-7-11(16)3-4-13(10)15(14(18)19)8-12(17)9-15/h3-4,7,12H,2,5-6,8-9,17H2,1H3. The van der Waals surface area contributed by atoms with Crippen molar-refractivity contribution in [3.63, 3.8) is 0 Å². The van der Waals surface area contributed by atoms with Crippen molar-refractivity contribution < 1.29 is 4.79 Å². The highest BCUT2D eigenvalue weighted by molar-refractivity contribution is 6.30. The van der Waals surface area contributed by atoms with Crippen LogP contribution in [0.1, 0.15) is 30.9 Å². The Morgan fingerprint density at radius 2 is 2.21 bits per heavy atom. The second-order valence-corrected chi connectivity index (χ2v) is 6.12. The molecule has 1 fully saturated rings. The first-order valence-corrected chi connectivity index (χ1v) is 7.28. The number of hydrogen-bond donors (Lipinski definition) is 1. The third-order valence-corrected chi connectivity index (χ3v) is 4.77. The van der Waals surface area contributed by atoms with Gasteiger partial charge in [-0.15, -0.1) is 0 Å². The molecule has 2 aliphatic rings. The lowest BCUT2D eigenvalue weighted by atomic mass is 9.60. The van der Waals surface area contributed by atoms with Crippen molar-refractivity contribution in [1.29, 1.82) is 0 Å². The van der Waals surface area contributed by atoms with Gasteiger partial charge in [0.1, 0.15) is 0 Å². The van der Waals surface area contributed by atoms with Crippen LogP contribution in [0.3, 0.4) is 0 Å². The molecule has 0 atom stereocenters. The Morgan fingerprint density at radius 1 is 1.47 bits per heavy atom. The first kappa shape index (κ1) is 12.9. The van der Waals surface area contributed by atoms with Gasteiger partial charge in [0.25, 0.3) is 0 Å². The molecular weight excluding hydrogens is 260 g/mol. The summed E-state index contributed by atoms with van der Waals surface area (Å²) in [6.07, 6.45) is 2.40. The van der Waals surface area contributed by atoms with Gasteiger partial charge in [0.2, 0.25) is 5.91 Å². The number of carbonyl (C=O) groups is 1. The number of carbonyl (C=O) groups excluding carboxylic acids is 1. The molecule has 1 amide bonds. The smallest absolute Gasteiger partial charge is 0.233 e. The zero-order valence-corrected chi connectivity index (χ0v) is 11.9. The van der Waals surface area contributed by atoms with E-state index in [1.54, 1.807) is 0 Å². The van der Waals surface area contributed by atoms with Gasteiger partial charge < -0.3 is 10.6 Å². The van der Waals surface area contributed by atoms with E-state index in [-0.39, 0.29) is 17.4 Å². The fourth-order valence-corrected chi connectivity index (χ4v) is 3.74. The molecule has 3 rings (SSSR count). The highest BCUT2D eigenvalue weighted by Crippen LogP contribution is 2.47. The fourth-order valence-electron chi connectivity index (χ4n) is 3.54. The van der Waals surface area contributed by atoms with Crippen LogP contribution in [0.15, 0.2) is 18.2 Å². The van der Waals surface area contributed by atoms with Gasteiger partial charge in [0.15, 0.2) is 0 Å². The lowest BCUT2D eigenvalue weighted by Crippen LogP contribution is -2.58. The minimum Gasteiger partial charge on any atom is -0.342 e. The Balaban J connectivity index is 2.10. The molecule has 1 aliphatic heterocycles. The van der Waals surface area contributed by atoms with Crippen LogP contribution in [0, 0.1) is 0 Å². The zero-order chi connectivity index (χ0) is 13.6. The quantitative estimate of drug-likeness (QED) is 0.855. The number of halogens is 1. The topological polar surface area (TPSA) is 46.3 Å². The molecule has 2 N–H and O–H groups in total. The lowest BCUT2D eigenvalue weighted by Gasteiger charge is -2.46. The van der Waals surface area contributed by atoms with E-state index in [2.05, 4.69) is 0 Å². The number of fused-ring (bicyclic) bond motifs is 2. The monoisotopic (exact) mass is 278 g/mol. The van der Waals surface area contributed by atoms with E-state index in [0.717, 1.165) is 42.9 Å². The highest BCUT2D eigenvalue weighted by Gasteiger charge is 2.53. The number of amides is 1. The molecule has 19 heavy (non-hydrogen) atoms. The third-order valence-electron chi connectivity index (χ3n) is 4.53. The van der Waals surface area contributed by atoms with Gasteiger partial charge >= 0.3 is 0 Å². The molecule has 1 heterocycles. The maximum Gasteiger partial charge on any atom is 0.233 e. The SMILES string of the molecule is CCN1CCc2cc(Cl)ccc2C2(CC(N)C2)C1=O. The van der Waals surface area contributed by atoms with Crippen LogP contribution in [0.2, 0.25) is 5.02 Å². The second kappa shape index (κ2) is 4.50. The molecule has 1 saturated carbocycles. The Bertz CT molecular complexity index is 523. The van der Waals surface area contributed by atoms with Crippen LogP contribution in [0.25, 0.3) is 0 Å². The summed E-state index contributed by atoms with van der Waals surface area (Å²) in [6, 6.07) is 6.07. The molecule has 1 aliphatic carbocycles. The maximum atomic E-state index is 12.8. The van der Waals surface area contributed by atoms with E-state index >= 15 is 0 Å². The summed E-state index contributed by atoms with van der Waals surface area (Å²) in [5, 5.41) is 0.745. The van der Waals surface area contributed by atoms with Gasteiger partial charge in [-0.05, 0) is 49.4 Å². The highest BCUT2D eigenvalue weighted by atomic mass is 35.5. The van der Waals surface area contributed by atoms with Gasteiger partial charge in [-0.25, -0.2) is 0 Å². The van der Waals surface area contributed by atoms with Crippen molar-refractivity contribution in [3.05, 3.63) is 34.3 Å². The van der Waals surface area contributed by atoms with Gasteiger partial charge in [-0.1, -0.05) is 17.7 Å². The second-order valence-electron chi connectivity index (χ2n) is 5.69. The third kappa shape index (κ3) is 1.87. The average molecular weight is 279 g/mol. The Labute approximate surface area is 118 Å². The molecular formula is C15H19ClN2O. The van der Waals surface area contributed by atoms with Crippen molar-refractivity contribution in [2.24, 2.45) is 5.73 Å². The van der Waals surface area contributed by atoms with E-state index < -0.39 is 0 Å². The summed E-state index contributed by atoms with van der Waals surface area (Å²) in [7, 11) is 0. The Morgan fingerprint density at radius 3 is 2.84 bits per heavy atom. The minimum absolute atomic E-state index is 0.143. The first-order chi connectivity index (χ1) is 9.06. The van der Waals surface area contributed by atoms with Gasteiger partial charge in [0, 0.05) is 24.2 Å². The molecule has 1 aromatic rings. The number of likely N-dealkylation sites (N-methyl/N-ethyl adjacent to an activating group) is 1.